The van der Waals surface area contributed by atoms with Crippen LogP contribution in [0.1, 0.15) is 25.8 Å². The minimum absolute atomic E-state index is 0.0933. The molecule has 132 valence electrons. The normalized spacial score (nSPS) is 14.3. The van der Waals surface area contributed by atoms with Gasteiger partial charge in [0.05, 0.1) is 0 Å². The number of thiol groups is 1. The molecule has 1 rings (SSSR count). The molecule has 6 N–H and O–H groups in total. The lowest BCUT2D eigenvalue weighted by Crippen LogP contribution is -2.47. The van der Waals surface area contributed by atoms with Gasteiger partial charge in [-0.25, -0.2) is 0 Å². The van der Waals surface area contributed by atoms with Gasteiger partial charge in [-0.1, -0.05) is 50.6 Å². The van der Waals surface area contributed by atoms with Crippen LogP contribution < -0.4 is 16.8 Å². The van der Waals surface area contributed by atoms with Crippen LogP contribution in [-0.4, -0.2) is 42.0 Å². The Morgan fingerprint density at radius 3 is 2.39 bits per heavy atom. The summed E-state index contributed by atoms with van der Waals surface area (Å²) in [7, 11) is 0. The SMILES string of the molecule is CC[C@H](C)[C@H](NC[C@@H](N)CS)C(=O)O.NCCc1ccccc1. The number of benzene rings is 1. The molecule has 0 fully saturated rings. The molecule has 3 atom stereocenters. The van der Waals surface area contributed by atoms with Crippen molar-refractivity contribution in [3.05, 3.63) is 35.9 Å². The number of hydrogen-bond acceptors (Lipinski definition) is 5. The van der Waals surface area contributed by atoms with Crippen LogP contribution in [-0.2, 0) is 11.2 Å². The van der Waals surface area contributed by atoms with Crippen molar-refractivity contribution in [2.75, 3.05) is 18.8 Å². The molecule has 23 heavy (non-hydrogen) atoms. The van der Waals surface area contributed by atoms with Crippen LogP contribution in [0.5, 0.6) is 0 Å². The second-order valence-corrected chi connectivity index (χ2v) is 5.94. The number of aliphatic carboxylic acids is 1. The number of carboxylic acids is 1. The molecule has 0 saturated carbocycles. The first-order valence-electron chi connectivity index (χ1n) is 8.02. The summed E-state index contributed by atoms with van der Waals surface area (Å²) in [5.41, 5.74) is 12.3. The number of nitrogens with two attached hydrogens (primary N) is 2. The third-order valence-corrected chi connectivity index (χ3v) is 4.06. The zero-order chi connectivity index (χ0) is 17.7. The third kappa shape index (κ3) is 10.3. The van der Waals surface area contributed by atoms with E-state index in [9.17, 15) is 4.79 Å². The zero-order valence-corrected chi connectivity index (χ0v) is 15.0. The number of hydrogen-bond donors (Lipinski definition) is 5. The fourth-order valence-electron chi connectivity index (χ4n) is 1.92. The Balaban J connectivity index is 0.000000459. The van der Waals surface area contributed by atoms with Crippen molar-refractivity contribution in [1.29, 1.82) is 0 Å². The largest absolute Gasteiger partial charge is 0.480 e. The van der Waals surface area contributed by atoms with Gasteiger partial charge in [0.1, 0.15) is 6.04 Å². The number of carboxylic acid groups (broad SMARTS) is 1. The van der Waals surface area contributed by atoms with Crippen molar-refractivity contribution < 1.29 is 9.90 Å². The van der Waals surface area contributed by atoms with Gasteiger partial charge in [0.2, 0.25) is 0 Å². The van der Waals surface area contributed by atoms with Crippen LogP contribution in [0.15, 0.2) is 30.3 Å². The van der Waals surface area contributed by atoms with Crippen LogP contribution in [0.25, 0.3) is 0 Å². The van der Waals surface area contributed by atoms with Crippen LogP contribution >= 0.6 is 12.6 Å². The second-order valence-electron chi connectivity index (χ2n) is 5.58. The summed E-state index contributed by atoms with van der Waals surface area (Å²) in [6.07, 6.45) is 1.82. The topological polar surface area (TPSA) is 101 Å². The van der Waals surface area contributed by atoms with Gasteiger partial charge in [-0.05, 0) is 24.4 Å². The molecular weight excluding hydrogens is 310 g/mol. The molecule has 0 amide bonds. The van der Waals surface area contributed by atoms with Crippen LogP contribution in [0, 0.1) is 5.92 Å². The number of rotatable bonds is 9. The van der Waals surface area contributed by atoms with Crippen molar-refractivity contribution in [3.8, 4) is 0 Å². The van der Waals surface area contributed by atoms with Crippen LogP contribution in [0.2, 0.25) is 0 Å². The molecule has 1 aromatic rings. The molecule has 0 aliphatic rings. The van der Waals surface area contributed by atoms with E-state index >= 15 is 0 Å². The van der Waals surface area contributed by atoms with Crippen molar-refractivity contribution >= 4 is 18.6 Å². The average Bonchev–Trinajstić information content (AvgIpc) is 2.56. The Labute approximate surface area is 145 Å². The molecule has 0 unspecified atom stereocenters. The third-order valence-electron chi connectivity index (χ3n) is 3.59. The Morgan fingerprint density at radius 2 is 1.96 bits per heavy atom. The van der Waals surface area contributed by atoms with Crippen molar-refractivity contribution in [2.45, 2.75) is 38.8 Å². The molecule has 0 aliphatic carbocycles. The lowest BCUT2D eigenvalue weighted by molar-refractivity contribution is -0.140. The van der Waals surface area contributed by atoms with Gasteiger partial charge in [-0.15, -0.1) is 0 Å². The average molecular weight is 342 g/mol. The maximum atomic E-state index is 10.9. The summed E-state index contributed by atoms with van der Waals surface area (Å²) in [5, 5.41) is 11.9. The highest BCUT2D eigenvalue weighted by Gasteiger charge is 2.22. The summed E-state index contributed by atoms with van der Waals surface area (Å²) in [4.78, 5) is 10.9. The second kappa shape index (κ2) is 13.4. The quantitative estimate of drug-likeness (QED) is 0.438. The maximum absolute atomic E-state index is 10.9. The number of nitrogens with one attached hydrogen (secondary N) is 1. The zero-order valence-electron chi connectivity index (χ0n) is 14.1. The highest BCUT2D eigenvalue weighted by molar-refractivity contribution is 7.80. The van der Waals surface area contributed by atoms with E-state index in [1.165, 1.54) is 5.56 Å². The minimum atomic E-state index is -0.814. The van der Waals surface area contributed by atoms with Crippen molar-refractivity contribution in [2.24, 2.45) is 17.4 Å². The summed E-state index contributed by atoms with van der Waals surface area (Å²) in [6, 6.07) is 9.66. The van der Waals surface area contributed by atoms with Crippen molar-refractivity contribution in [1.82, 2.24) is 5.32 Å². The van der Waals surface area contributed by atoms with Gasteiger partial charge in [0.25, 0.3) is 0 Å². The lowest BCUT2D eigenvalue weighted by atomic mass is 9.99. The molecule has 5 nitrogen and oxygen atoms in total. The summed E-state index contributed by atoms with van der Waals surface area (Å²) in [5.74, 6) is -0.148. The summed E-state index contributed by atoms with van der Waals surface area (Å²) >= 11 is 4.03. The van der Waals surface area contributed by atoms with Crippen molar-refractivity contribution in [3.63, 3.8) is 0 Å². The number of carbonyl (C=O) groups is 1. The minimum Gasteiger partial charge on any atom is -0.480 e. The van der Waals surface area contributed by atoms with E-state index in [1.54, 1.807) is 0 Å². The fourth-order valence-corrected chi connectivity index (χ4v) is 2.05. The molecule has 0 saturated heterocycles. The lowest BCUT2D eigenvalue weighted by Gasteiger charge is -2.21. The van der Waals surface area contributed by atoms with Crippen LogP contribution in [0.4, 0.5) is 0 Å². The van der Waals surface area contributed by atoms with Gasteiger partial charge < -0.3 is 21.9 Å². The Hall–Kier alpha value is -1.08. The van der Waals surface area contributed by atoms with Gasteiger partial charge in [0, 0.05) is 18.3 Å². The van der Waals surface area contributed by atoms with E-state index in [-0.39, 0.29) is 12.0 Å². The molecule has 0 bridgehead atoms. The first kappa shape index (κ1) is 21.9. The van der Waals surface area contributed by atoms with E-state index in [2.05, 4.69) is 30.1 Å². The molecule has 6 heteroatoms. The fraction of sp³-hybridized carbons (Fsp3) is 0.588. The monoisotopic (exact) mass is 341 g/mol. The van der Waals surface area contributed by atoms with E-state index in [0.717, 1.165) is 19.4 Å². The van der Waals surface area contributed by atoms with Gasteiger partial charge in [0.15, 0.2) is 0 Å². The smallest absolute Gasteiger partial charge is 0.320 e. The predicted octanol–water partition coefficient (Wildman–Crippen LogP) is 1.52. The van der Waals surface area contributed by atoms with E-state index in [0.29, 0.717) is 12.3 Å². The molecule has 1 aromatic carbocycles. The standard InChI is InChI=1S/C9H20N2O2S.C8H11N/c1-3-6(2)8(9(12)13)11-4-7(10)5-14;9-7-6-8-4-2-1-3-5-8/h6-8,11,14H,3-5,10H2,1-2H3,(H,12,13);1-5H,6-7,9H2/t6-,7+,8-;/m0./s1. The van der Waals surface area contributed by atoms with Crippen LogP contribution in [0.3, 0.4) is 0 Å². The van der Waals surface area contributed by atoms with Gasteiger partial charge in [-0.2, -0.15) is 12.6 Å². The van der Waals surface area contributed by atoms with Gasteiger partial charge in [-0.3, -0.25) is 4.79 Å². The summed E-state index contributed by atoms with van der Waals surface area (Å²) in [6.45, 7) is 5.12. The predicted molar refractivity (Wildman–Crippen MR) is 99.9 cm³/mol. The maximum Gasteiger partial charge on any atom is 0.320 e. The highest BCUT2D eigenvalue weighted by Crippen LogP contribution is 2.07. The molecule has 0 aliphatic heterocycles. The van der Waals surface area contributed by atoms with Gasteiger partial charge >= 0.3 is 5.97 Å². The van der Waals surface area contributed by atoms with E-state index in [1.807, 2.05) is 32.0 Å². The first-order valence-corrected chi connectivity index (χ1v) is 8.66. The molecular formula is C17H31N3O2S. The first-order chi connectivity index (χ1) is 11.0. The van der Waals surface area contributed by atoms with E-state index < -0.39 is 12.0 Å². The Kier molecular flexibility index (Phi) is 12.7. The summed E-state index contributed by atoms with van der Waals surface area (Å²) < 4.78 is 0. The molecule has 0 spiro atoms. The Bertz CT molecular complexity index is 418. The molecule has 0 heterocycles. The Morgan fingerprint density at radius 1 is 1.35 bits per heavy atom. The highest BCUT2D eigenvalue weighted by atomic mass is 32.1. The molecule has 0 aromatic heterocycles. The molecule has 0 radical (unpaired) electrons. The van der Waals surface area contributed by atoms with E-state index in [4.69, 9.17) is 16.6 Å².